The van der Waals surface area contributed by atoms with Crippen LogP contribution in [0.15, 0.2) is 24.3 Å². The summed E-state index contributed by atoms with van der Waals surface area (Å²) in [6.07, 6.45) is -0.286. The second-order valence-corrected chi connectivity index (χ2v) is 11.8. The molecule has 0 N–H and O–H groups in total. The number of benzene rings is 2. The number of hydrogen-bond donors (Lipinski definition) is 0. The highest BCUT2D eigenvalue weighted by Crippen LogP contribution is 2.33. The van der Waals surface area contributed by atoms with Gasteiger partial charge in [0.1, 0.15) is 29.3 Å². The zero-order chi connectivity index (χ0) is 27.9. The molecule has 2 aliphatic rings. The summed E-state index contributed by atoms with van der Waals surface area (Å²) < 4.78 is 28.5. The lowest BCUT2D eigenvalue weighted by Gasteiger charge is -2.36. The zero-order valence-corrected chi connectivity index (χ0v) is 24.0. The van der Waals surface area contributed by atoms with Gasteiger partial charge in [-0.1, -0.05) is 12.1 Å². The van der Waals surface area contributed by atoms with E-state index >= 15 is 0 Å². The molecule has 3 heterocycles. The van der Waals surface area contributed by atoms with Crippen molar-refractivity contribution in [2.24, 2.45) is 0 Å². The lowest BCUT2D eigenvalue weighted by molar-refractivity contribution is 0.0240. The number of carbonyl (C=O) groups is 1. The first-order valence-electron chi connectivity index (χ1n) is 13.8. The van der Waals surface area contributed by atoms with Crippen molar-refractivity contribution in [2.45, 2.75) is 53.7 Å². The molecule has 5 rings (SSSR count). The number of aryl methyl sites for hydroxylation is 3. The normalized spacial score (nSPS) is 16.2. The topological polar surface area (TPSA) is 62.8 Å². The fourth-order valence-corrected chi connectivity index (χ4v) is 5.12. The van der Waals surface area contributed by atoms with Crippen LogP contribution in [0.4, 0.5) is 15.1 Å². The largest absolute Gasteiger partial charge is 0.490 e. The van der Waals surface area contributed by atoms with Crippen molar-refractivity contribution >= 4 is 23.1 Å². The molecule has 0 radical (unpaired) electrons. The van der Waals surface area contributed by atoms with Crippen molar-refractivity contribution in [2.75, 3.05) is 57.3 Å². The summed E-state index contributed by atoms with van der Waals surface area (Å²) in [4.78, 5) is 24.1. The van der Waals surface area contributed by atoms with Crippen LogP contribution in [0.2, 0.25) is 0 Å². The lowest BCUT2D eigenvalue weighted by atomic mass is 10.1. The third-order valence-corrected chi connectivity index (χ3v) is 7.20. The summed E-state index contributed by atoms with van der Waals surface area (Å²) in [6.45, 7) is 18.0. The molecule has 1 aromatic heterocycles. The second-order valence-electron chi connectivity index (χ2n) is 11.8. The van der Waals surface area contributed by atoms with Crippen LogP contribution in [-0.2, 0) is 11.3 Å². The van der Waals surface area contributed by atoms with Gasteiger partial charge in [0.25, 0.3) is 0 Å². The molecule has 210 valence electrons. The molecule has 0 unspecified atom stereocenters. The molecule has 1 amide bonds. The molecule has 2 aliphatic heterocycles. The van der Waals surface area contributed by atoms with Crippen LogP contribution in [0.25, 0.3) is 11.0 Å². The first kappa shape index (κ1) is 27.2. The van der Waals surface area contributed by atoms with Crippen molar-refractivity contribution in [3.8, 4) is 5.75 Å². The van der Waals surface area contributed by atoms with E-state index in [0.717, 1.165) is 53.5 Å². The molecule has 2 saturated heterocycles. The van der Waals surface area contributed by atoms with Gasteiger partial charge in [-0.05, 0) is 75.9 Å². The van der Waals surface area contributed by atoms with Crippen LogP contribution >= 0.6 is 0 Å². The van der Waals surface area contributed by atoms with Gasteiger partial charge in [0.05, 0.1) is 12.1 Å². The number of rotatable bonds is 7. The van der Waals surface area contributed by atoms with Crippen molar-refractivity contribution in [1.29, 1.82) is 0 Å². The van der Waals surface area contributed by atoms with Gasteiger partial charge < -0.3 is 23.8 Å². The number of fused-ring (bicyclic) bond motifs is 1. The Morgan fingerprint density at radius 3 is 2.26 bits per heavy atom. The quantitative estimate of drug-likeness (QED) is 0.400. The monoisotopic (exact) mass is 537 g/mol. The fraction of sp³-hybridized carbons (Fsp3) is 0.533. The minimum atomic E-state index is -0.529. The minimum Gasteiger partial charge on any atom is -0.490 e. The molecule has 2 fully saturated rings. The third kappa shape index (κ3) is 6.30. The average molecular weight is 538 g/mol. The molecule has 8 nitrogen and oxygen atoms in total. The van der Waals surface area contributed by atoms with Crippen LogP contribution < -0.4 is 9.64 Å². The SMILES string of the molecule is Cc1cc(OCCN2CC2)c2nc(N3CCN(C(=O)OC(C)(C)C)CC3)n(Cc3cc(C)c(F)c(C)c3)c2c1. The van der Waals surface area contributed by atoms with E-state index in [1.165, 1.54) is 0 Å². The Balaban J connectivity index is 1.47. The highest BCUT2D eigenvalue weighted by Gasteiger charge is 2.29. The smallest absolute Gasteiger partial charge is 0.410 e. The number of ether oxygens (including phenoxy) is 2. The first-order valence-corrected chi connectivity index (χ1v) is 13.8. The number of halogens is 1. The molecule has 3 aromatic rings. The summed E-state index contributed by atoms with van der Waals surface area (Å²) in [5.41, 5.74) is 4.67. The van der Waals surface area contributed by atoms with Gasteiger partial charge in [0.15, 0.2) is 0 Å². The fourth-order valence-electron chi connectivity index (χ4n) is 5.12. The molecular formula is C30H40FN5O3. The predicted octanol–water partition coefficient (Wildman–Crippen LogP) is 4.90. The van der Waals surface area contributed by atoms with E-state index in [-0.39, 0.29) is 11.9 Å². The zero-order valence-electron chi connectivity index (χ0n) is 24.0. The van der Waals surface area contributed by atoms with Gasteiger partial charge in [-0.25, -0.2) is 14.2 Å². The van der Waals surface area contributed by atoms with Gasteiger partial charge in [-0.3, -0.25) is 4.90 Å². The number of piperazine rings is 1. The number of carbonyl (C=O) groups excluding carboxylic acids is 1. The maximum atomic E-state index is 14.4. The molecule has 0 bridgehead atoms. The average Bonchev–Trinajstić information content (AvgIpc) is 3.62. The molecule has 2 aromatic carbocycles. The van der Waals surface area contributed by atoms with Crippen molar-refractivity contribution in [3.63, 3.8) is 0 Å². The number of nitrogens with zero attached hydrogens (tertiary/aromatic N) is 5. The van der Waals surface area contributed by atoms with Gasteiger partial charge in [-0.15, -0.1) is 0 Å². The number of amides is 1. The van der Waals surface area contributed by atoms with Crippen LogP contribution in [0.3, 0.4) is 0 Å². The van der Waals surface area contributed by atoms with E-state index in [9.17, 15) is 9.18 Å². The Hall–Kier alpha value is -3.33. The van der Waals surface area contributed by atoms with E-state index in [4.69, 9.17) is 14.5 Å². The second kappa shape index (κ2) is 10.7. The van der Waals surface area contributed by atoms with E-state index in [0.29, 0.717) is 50.5 Å². The standard InChI is InChI=1S/C30H40FN5O3/c1-20-15-24-27(25(16-20)38-14-13-33-7-8-33)32-28(36(24)19-23-17-21(2)26(31)22(3)18-23)34-9-11-35(12-10-34)29(37)39-30(4,5)6/h15-18H,7-14,19H2,1-6H3. The summed E-state index contributed by atoms with van der Waals surface area (Å²) in [7, 11) is 0. The van der Waals surface area contributed by atoms with Crippen molar-refractivity contribution < 1.29 is 18.7 Å². The number of imidazole rings is 1. The van der Waals surface area contributed by atoms with Gasteiger partial charge in [-0.2, -0.15) is 0 Å². The summed E-state index contributed by atoms with van der Waals surface area (Å²) in [5, 5.41) is 0. The Morgan fingerprint density at radius 2 is 1.64 bits per heavy atom. The first-order chi connectivity index (χ1) is 18.5. The van der Waals surface area contributed by atoms with Crippen LogP contribution in [0, 0.1) is 26.6 Å². The van der Waals surface area contributed by atoms with Crippen LogP contribution in [-0.4, -0.2) is 83.5 Å². The van der Waals surface area contributed by atoms with E-state index < -0.39 is 5.60 Å². The molecular weight excluding hydrogens is 497 g/mol. The molecule has 0 spiro atoms. The summed E-state index contributed by atoms with van der Waals surface area (Å²) >= 11 is 0. The van der Waals surface area contributed by atoms with E-state index in [1.807, 2.05) is 32.9 Å². The van der Waals surface area contributed by atoms with Crippen molar-refractivity contribution in [3.05, 3.63) is 52.3 Å². The van der Waals surface area contributed by atoms with Crippen LogP contribution in [0.1, 0.15) is 43.0 Å². The van der Waals surface area contributed by atoms with Crippen LogP contribution in [0.5, 0.6) is 5.75 Å². The maximum Gasteiger partial charge on any atom is 0.410 e. The van der Waals surface area contributed by atoms with Crippen molar-refractivity contribution in [1.82, 2.24) is 19.4 Å². The predicted molar refractivity (Wildman–Crippen MR) is 151 cm³/mol. The third-order valence-electron chi connectivity index (χ3n) is 7.20. The Morgan fingerprint density at radius 1 is 0.974 bits per heavy atom. The number of aromatic nitrogens is 2. The summed E-state index contributed by atoms with van der Waals surface area (Å²) in [6, 6.07) is 8.02. The van der Waals surface area contributed by atoms with E-state index in [1.54, 1.807) is 18.7 Å². The minimum absolute atomic E-state index is 0.161. The summed E-state index contributed by atoms with van der Waals surface area (Å²) in [5.74, 6) is 1.45. The Kier molecular flexibility index (Phi) is 7.46. The van der Waals surface area contributed by atoms with Gasteiger partial charge in [0.2, 0.25) is 5.95 Å². The molecule has 0 atom stereocenters. The van der Waals surface area contributed by atoms with Gasteiger partial charge in [0, 0.05) is 45.8 Å². The lowest BCUT2D eigenvalue weighted by Crippen LogP contribution is -2.50. The molecule has 39 heavy (non-hydrogen) atoms. The maximum absolute atomic E-state index is 14.4. The number of hydrogen-bond acceptors (Lipinski definition) is 6. The molecule has 0 saturated carbocycles. The molecule has 0 aliphatic carbocycles. The van der Waals surface area contributed by atoms with E-state index in [2.05, 4.69) is 33.4 Å². The molecule has 9 heteroatoms. The van der Waals surface area contributed by atoms with Gasteiger partial charge >= 0.3 is 6.09 Å². The Labute approximate surface area is 230 Å². The highest BCUT2D eigenvalue weighted by atomic mass is 19.1. The Bertz CT molecular complexity index is 1340. The number of anilines is 1. The highest BCUT2D eigenvalue weighted by molar-refractivity contribution is 5.86.